The number of aliphatic carboxylic acids is 1. The monoisotopic (exact) mass is 320 g/mol. The van der Waals surface area contributed by atoms with Crippen molar-refractivity contribution < 1.29 is 28.2 Å². The Morgan fingerprint density at radius 2 is 2.10 bits per heavy atom. The first-order valence-electron chi connectivity index (χ1n) is 6.80. The second-order valence-electron chi connectivity index (χ2n) is 6.03. The molecule has 0 saturated carbocycles. The molecular weight excluding hydrogens is 300 g/mol. The maximum atomic E-state index is 12.4. The van der Waals surface area contributed by atoms with Crippen molar-refractivity contribution in [3.8, 4) is 0 Å². The van der Waals surface area contributed by atoms with Crippen LogP contribution in [0.2, 0.25) is 0 Å². The first kappa shape index (κ1) is 16.0. The highest BCUT2D eigenvalue weighted by molar-refractivity contribution is 7.91. The molecule has 2 unspecified atom stereocenters. The molecule has 2 N–H and O–H groups in total. The van der Waals surface area contributed by atoms with Crippen LogP contribution in [-0.4, -0.2) is 83.2 Å². The molecule has 2 fully saturated rings. The summed E-state index contributed by atoms with van der Waals surface area (Å²) in [5, 5.41) is 18.9. The Hall–Kier alpha value is -1.35. The largest absolute Gasteiger partial charge is 0.480 e. The van der Waals surface area contributed by atoms with E-state index in [0.29, 0.717) is 13.0 Å². The molecule has 0 aliphatic carbocycles. The van der Waals surface area contributed by atoms with E-state index in [-0.39, 0.29) is 24.5 Å². The van der Waals surface area contributed by atoms with Crippen molar-refractivity contribution in [2.45, 2.75) is 31.4 Å². The summed E-state index contributed by atoms with van der Waals surface area (Å²) in [5.41, 5.74) is -0.980. The van der Waals surface area contributed by atoms with Crippen molar-refractivity contribution in [1.29, 1.82) is 0 Å². The molecule has 2 amide bonds. The number of carbonyl (C=O) groups excluding carboxylic acids is 1. The van der Waals surface area contributed by atoms with Gasteiger partial charge in [0.25, 0.3) is 0 Å². The lowest BCUT2D eigenvalue weighted by Gasteiger charge is -2.31. The average molecular weight is 320 g/mol. The molecule has 120 valence electrons. The molecular formula is C12H20N2O6S. The number of aliphatic hydroxyl groups is 1. The normalized spacial score (nSPS) is 31.3. The minimum absolute atomic E-state index is 0.0290. The van der Waals surface area contributed by atoms with Gasteiger partial charge < -0.3 is 20.0 Å². The van der Waals surface area contributed by atoms with Crippen LogP contribution in [-0.2, 0) is 14.6 Å². The highest BCUT2D eigenvalue weighted by atomic mass is 32.2. The molecule has 0 aromatic rings. The van der Waals surface area contributed by atoms with Crippen molar-refractivity contribution in [3.05, 3.63) is 0 Å². The topological polar surface area (TPSA) is 115 Å². The van der Waals surface area contributed by atoms with E-state index >= 15 is 0 Å². The van der Waals surface area contributed by atoms with Gasteiger partial charge in [-0.3, -0.25) is 4.79 Å². The minimum Gasteiger partial charge on any atom is -0.480 e. The highest BCUT2D eigenvalue weighted by Gasteiger charge is 2.41. The summed E-state index contributed by atoms with van der Waals surface area (Å²) in [5.74, 6) is -1.41. The lowest BCUT2D eigenvalue weighted by atomic mass is 10.1. The molecule has 2 saturated heterocycles. The Balaban J connectivity index is 2.13. The second kappa shape index (κ2) is 5.45. The van der Waals surface area contributed by atoms with Crippen molar-refractivity contribution in [1.82, 2.24) is 9.80 Å². The third kappa shape index (κ3) is 3.85. The van der Waals surface area contributed by atoms with Gasteiger partial charge in [-0.25, -0.2) is 13.2 Å². The zero-order chi connectivity index (χ0) is 15.8. The highest BCUT2D eigenvalue weighted by Crippen LogP contribution is 2.24. The predicted octanol–water partition coefficient (Wildman–Crippen LogP) is -0.863. The van der Waals surface area contributed by atoms with E-state index in [9.17, 15) is 23.1 Å². The number of sulfone groups is 1. The number of carbonyl (C=O) groups is 2. The fourth-order valence-corrected chi connectivity index (χ4v) is 4.54. The fourth-order valence-electron chi connectivity index (χ4n) is 2.81. The standard InChI is InChI=1S/C12H20N2O6S/c1-12(18)3-4-13(8-12)11(17)14(6-10(15)16)9-2-5-21(19,20)7-9/h9,18H,2-8H2,1H3,(H,15,16). The maximum Gasteiger partial charge on any atom is 0.323 e. The molecule has 0 radical (unpaired) electrons. The van der Waals surface area contributed by atoms with Crippen LogP contribution in [0.4, 0.5) is 4.79 Å². The van der Waals surface area contributed by atoms with Crippen molar-refractivity contribution in [2.24, 2.45) is 0 Å². The SMILES string of the molecule is CC1(O)CCN(C(=O)N(CC(=O)O)C2CCS(=O)(=O)C2)C1. The summed E-state index contributed by atoms with van der Waals surface area (Å²) in [6.45, 7) is 1.54. The number of hydrogen-bond acceptors (Lipinski definition) is 5. The van der Waals surface area contributed by atoms with E-state index in [4.69, 9.17) is 5.11 Å². The van der Waals surface area contributed by atoms with Gasteiger partial charge in [0.05, 0.1) is 23.7 Å². The number of rotatable bonds is 3. The van der Waals surface area contributed by atoms with E-state index in [1.165, 1.54) is 4.90 Å². The van der Waals surface area contributed by atoms with Gasteiger partial charge in [0.1, 0.15) is 6.54 Å². The van der Waals surface area contributed by atoms with Crippen LogP contribution in [0.5, 0.6) is 0 Å². The number of urea groups is 1. The van der Waals surface area contributed by atoms with Gasteiger partial charge in [-0.05, 0) is 19.8 Å². The fraction of sp³-hybridized carbons (Fsp3) is 0.833. The van der Waals surface area contributed by atoms with Gasteiger partial charge in [0, 0.05) is 12.6 Å². The van der Waals surface area contributed by atoms with Crippen LogP contribution in [0, 0.1) is 0 Å². The maximum absolute atomic E-state index is 12.4. The van der Waals surface area contributed by atoms with E-state index in [1.54, 1.807) is 6.92 Å². The van der Waals surface area contributed by atoms with Crippen LogP contribution in [0.15, 0.2) is 0 Å². The second-order valence-corrected chi connectivity index (χ2v) is 8.26. The van der Waals surface area contributed by atoms with E-state index in [1.807, 2.05) is 0 Å². The van der Waals surface area contributed by atoms with Gasteiger partial charge in [0.2, 0.25) is 0 Å². The molecule has 0 aromatic heterocycles. The summed E-state index contributed by atoms with van der Waals surface area (Å²) in [6.07, 6.45) is 0.675. The summed E-state index contributed by atoms with van der Waals surface area (Å²) < 4.78 is 23.1. The van der Waals surface area contributed by atoms with Gasteiger partial charge in [0.15, 0.2) is 9.84 Å². The molecule has 0 aromatic carbocycles. The quantitative estimate of drug-likeness (QED) is 0.699. The van der Waals surface area contributed by atoms with Gasteiger partial charge >= 0.3 is 12.0 Å². The zero-order valence-corrected chi connectivity index (χ0v) is 12.7. The summed E-state index contributed by atoms with van der Waals surface area (Å²) in [7, 11) is -3.21. The molecule has 2 aliphatic rings. The smallest absolute Gasteiger partial charge is 0.323 e. The van der Waals surface area contributed by atoms with E-state index in [0.717, 1.165) is 4.90 Å². The molecule has 2 atom stereocenters. The van der Waals surface area contributed by atoms with Crippen LogP contribution in [0.3, 0.4) is 0 Å². The van der Waals surface area contributed by atoms with Crippen LogP contribution in [0.25, 0.3) is 0 Å². The number of carboxylic acid groups (broad SMARTS) is 1. The van der Waals surface area contributed by atoms with Crippen molar-refractivity contribution >= 4 is 21.8 Å². The first-order chi connectivity index (χ1) is 9.60. The Labute approximate surface area is 123 Å². The number of hydrogen-bond donors (Lipinski definition) is 2. The van der Waals surface area contributed by atoms with Crippen LogP contribution in [0.1, 0.15) is 19.8 Å². The van der Waals surface area contributed by atoms with Crippen molar-refractivity contribution in [3.63, 3.8) is 0 Å². The zero-order valence-electron chi connectivity index (χ0n) is 11.9. The minimum atomic E-state index is -3.21. The first-order valence-corrected chi connectivity index (χ1v) is 8.62. The molecule has 21 heavy (non-hydrogen) atoms. The Kier molecular flexibility index (Phi) is 4.16. The number of likely N-dealkylation sites (tertiary alicyclic amines) is 1. The summed E-state index contributed by atoms with van der Waals surface area (Å²) in [6, 6.07) is -1.12. The lowest BCUT2D eigenvalue weighted by molar-refractivity contribution is -0.138. The van der Waals surface area contributed by atoms with Crippen LogP contribution < -0.4 is 0 Å². The van der Waals surface area contributed by atoms with Crippen molar-refractivity contribution in [2.75, 3.05) is 31.1 Å². The number of nitrogens with zero attached hydrogens (tertiary/aromatic N) is 2. The van der Waals surface area contributed by atoms with Gasteiger partial charge in [-0.15, -0.1) is 0 Å². The molecule has 8 nitrogen and oxygen atoms in total. The molecule has 0 spiro atoms. The molecule has 2 rings (SSSR count). The van der Waals surface area contributed by atoms with Gasteiger partial charge in [-0.2, -0.15) is 0 Å². The number of β-amino-alcohol motifs (C(OH)–C–C–N with tert-alkyl or cyclic N) is 1. The molecule has 9 heteroatoms. The third-order valence-corrected chi connectivity index (χ3v) is 5.67. The molecule has 2 aliphatic heterocycles. The molecule has 2 heterocycles. The van der Waals surface area contributed by atoms with Gasteiger partial charge in [-0.1, -0.05) is 0 Å². The lowest BCUT2D eigenvalue weighted by Crippen LogP contribution is -2.50. The third-order valence-electron chi connectivity index (χ3n) is 3.92. The predicted molar refractivity (Wildman–Crippen MR) is 73.6 cm³/mol. The van der Waals surface area contributed by atoms with E-state index in [2.05, 4.69) is 0 Å². The molecule has 0 bridgehead atoms. The van der Waals surface area contributed by atoms with E-state index < -0.39 is 40.0 Å². The summed E-state index contributed by atoms with van der Waals surface area (Å²) in [4.78, 5) is 25.9. The Bertz CT molecular complexity index is 544. The number of carboxylic acids is 1. The van der Waals surface area contributed by atoms with Crippen LogP contribution >= 0.6 is 0 Å². The Morgan fingerprint density at radius 3 is 2.52 bits per heavy atom. The Morgan fingerprint density at radius 1 is 1.43 bits per heavy atom. The number of amides is 2. The average Bonchev–Trinajstić information content (AvgIpc) is 2.87. The summed E-state index contributed by atoms with van der Waals surface area (Å²) >= 11 is 0.